The molecule has 0 amide bonds. The van der Waals surface area contributed by atoms with E-state index in [-0.39, 0.29) is 0 Å². The minimum absolute atomic E-state index is 0.332. The molecule has 80 valence electrons. The second-order valence-corrected chi connectivity index (χ2v) is 3.35. The number of nitrogens with zero attached hydrogens (tertiary/aromatic N) is 1. The third-order valence-electron chi connectivity index (χ3n) is 2.37. The maximum Gasteiger partial charge on any atom is 0.309 e. The molecule has 1 saturated heterocycles. The highest BCUT2D eigenvalue weighted by molar-refractivity contribution is 5.71. The van der Waals surface area contributed by atoms with Crippen LogP contribution in [0.25, 0.3) is 0 Å². The largest absolute Gasteiger partial charge is 0.481 e. The van der Waals surface area contributed by atoms with E-state index in [1.165, 1.54) is 12.1 Å². The van der Waals surface area contributed by atoms with E-state index in [9.17, 15) is 9.18 Å². The molecule has 0 aliphatic carbocycles. The zero-order valence-corrected chi connectivity index (χ0v) is 7.77. The van der Waals surface area contributed by atoms with E-state index in [2.05, 4.69) is 15.8 Å². The number of carboxylic acids is 1. The van der Waals surface area contributed by atoms with E-state index in [0.717, 1.165) is 6.20 Å². The van der Waals surface area contributed by atoms with E-state index in [4.69, 9.17) is 5.11 Å². The number of aromatic nitrogens is 1. The van der Waals surface area contributed by atoms with E-state index >= 15 is 0 Å². The van der Waals surface area contributed by atoms with E-state index in [1.54, 1.807) is 0 Å². The number of carboxylic acid groups (broad SMARTS) is 1. The number of rotatable bonds is 2. The van der Waals surface area contributed by atoms with Crippen LogP contribution >= 0.6 is 0 Å². The van der Waals surface area contributed by atoms with Crippen LogP contribution in [0.2, 0.25) is 0 Å². The average Bonchev–Trinajstić information content (AvgIpc) is 2.67. The quantitative estimate of drug-likeness (QED) is 0.645. The molecule has 2 unspecified atom stereocenters. The van der Waals surface area contributed by atoms with Gasteiger partial charge >= 0.3 is 5.97 Å². The van der Waals surface area contributed by atoms with Gasteiger partial charge in [0.15, 0.2) is 0 Å². The van der Waals surface area contributed by atoms with Crippen LogP contribution in [-0.2, 0) is 4.79 Å². The van der Waals surface area contributed by atoms with Crippen LogP contribution in [0, 0.1) is 11.7 Å². The van der Waals surface area contributed by atoms with Crippen molar-refractivity contribution in [3.63, 3.8) is 0 Å². The molecule has 2 heterocycles. The number of nitrogens with one attached hydrogen (secondary N) is 2. The number of halogens is 1. The minimum atomic E-state index is -0.899. The second kappa shape index (κ2) is 3.92. The summed E-state index contributed by atoms with van der Waals surface area (Å²) < 4.78 is 12.6. The van der Waals surface area contributed by atoms with Crippen molar-refractivity contribution in [1.29, 1.82) is 0 Å². The molecule has 5 nitrogen and oxygen atoms in total. The second-order valence-electron chi connectivity index (χ2n) is 3.35. The number of hydrogen-bond donors (Lipinski definition) is 3. The summed E-state index contributed by atoms with van der Waals surface area (Å²) in [7, 11) is 0. The standard InChI is InChI=1S/C9H10FN3O2/c10-5-1-2-7(11-3-5)8-6(9(14)15)4-12-13-8/h1-3,6,8,12-13H,4H2,(H,14,15). The smallest absolute Gasteiger partial charge is 0.309 e. The molecule has 15 heavy (non-hydrogen) atoms. The normalized spacial score (nSPS) is 25.4. The molecular formula is C9H10FN3O2. The van der Waals surface area contributed by atoms with Gasteiger partial charge in [0, 0.05) is 6.54 Å². The predicted molar refractivity (Wildman–Crippen MR) is 49.2 cm³/mol. The fourth-order valence-electron chi connectivity index (χ4n) is 1.58. The highest BCUT2D eigenvalue weighted by Gasteiger charge is 2.34. The molecule has 1 fully saturated rings. The lowest BCUT2D eigenvalue weighted by atomic mass is 9.99. The Balaban J connectivity index is 2.22. The lowest BCUT2D eigenvalue weighted by Crippen LogP contribution is -2.27. The van der Waals surface area contributed by atoms with Crippen LogP contribution < -0.4 is 10.9 Å². The van der Waals surface area contributed by atoms with Crippen LogP contribution in [0.4, 0.5) is 4.39 Å². The Morgan fingerprint density at radius 3 is 3.00 bits per heavy atom. The molecular weight excluding hydrogens is 201 g/mol. The number of pyridine rings is 1. The fraction of sp³-hybridized carbons (Fsp3) is 0.333. The van der Waals surface area contributed by atoms with Crippen molar-refractivity contribution in [3.8, 4) is 0 Å². The van der Waals surface area contributed by atoms with Gasteiger partial charge in [-0.15, -0.1) is 0 Å². The van der Waals surface area contributed by atoms with Crippen molar-refractivity contribution in [3.05, 3.63) is 29.8 Å². The molecule has 0 bridgehead atoms. The summed E-state index contributed by atoms with van der Waals surface area (Å²) >= 11 is 0. The van der Waals surface area contributed by atoms with Crippen LogP contribution in [0.3, 0.4) is 0 Å². The molecule has 2 rings (SSSR count). The van der Waals surface area contributed by atoms with Gasteiger partial charge in [-0.05, 0) is 12.1 Å². The first-order chi connectivity index (χ1) is 7.18. The zero-order valence-electron chi connectivity index (χ0n) is 7.77. The molecule has 3 N–H and O–H groups in total. The predicted octanol–water partition coefficient (Wildman–Crippen LogP) is 0.0704. The molecule has 1 aliphatic heterocycles. The molecule has 0 saturated carbocycles. The lowest BCUT2D eigenvalue weighted by Gasteiger charge is -2.13. The summed E-state index contributed by atoms with van der Waals surface area (Å²) in [5.74, 6) is -1.91. The third-order valence-corrected chi connectivity index (χ3v) is 2.37. The molecule has 1 aromatic heterocycles. The van der Waals surface area contributed by atoms with Crippen LogP contribution in [-0.4, -0.2) is 22.6 Å². The Morgan fingerprint density at radius 2 is 2.40 bits per heavy atom. The average molecular weight is 211 g/mol. The number of aliphatic carboxylic acids is 1. The number of carbonyl (C=O) groups is 1. The van der Waals surface area contributed by atoms with Gasteiger partial charge in [-0.25, -0.2) is 9.82 Å². The van der Waals surface area contributed by atoms with Gasteiger partial charge < -0.3 is 5.11 Å². The number of hydrazine groups is 1. The van der Waals surface area contributed by atoms with Crippen molar-refractivity contribution in [1.82, 2.24) is 15.8 Å². The Morgan fingerprint density at radius 1 is 1.60 bits per heavy atom. The summed E-state index contributed by atoms with van der Waals surface area (Å²) in [6, 6.07) is 2.33. The Hall–Kier alpha value is -1.53. The van der Waals surface area contributed by atoms with Crippen LogP contribution in [0.15, 0.2) is 18.3 Å². The summed E-state index contributed by atoms with van der Waals surface area (Å²) in [6.45, 7) is 0.332. The fourth-order valence-corrected chi connectivity index (χ4v) is 1.58. The summed E-state index contributed by atoms with van der Waals surface area (Å²) in [4.78, 5) is 14.7. The van der Waals surface area contributed by atoms with Gasteiger partial charge in [0.25, 0.3) is 0 Å². The molecule has 6 heteroatoms. The molecule has 1 aromatic rings. The van der Waals surface area contributed by atoms with E-state index in [1.807, 2.05) is 0 Å². The van der Waals surface area contributed by atoms with E-state index in [0.29, 0.717) is 12.2 Å². The zero-order chi connectivity index (χ0) is 10.8. The van der Waals surface area contributed by atoms with Gasteiger partial charge in [-0.3, -0.25) is 15.2 Å². The third kappa shape index (κ3) is 1.95. The molecule has 1 aliphatic rings. The lowest BCUT2D eigenvalue weighted by molar-refractivity contribution is -0.141. The molecule has 0 radical (unpaired) electrons. The first-order valence-corrected chi connectivity index (χ1v) is 4.51. The monoisotopic (exact) mass is 211 g/mol. The summed E-state index contributed by atoms with van der Waals surface area (Å²) in [5, 5.41) is 8.92. The van der Waals surface area contributed by atoms with Crippen molar-refractivity contribution in [2.24, 2.45) is 5.92 Å². The van der Waals surface area contributed by atoms with Gasteiger partial charge in [0.05, 0.1) is 23.9 Å². The van der Waals surface area contributed by atoms with Gasteiger partial charge in [0.2, 0.25) is 0 Å². The maximum absolute atomic E-state index is 12.6. The van der Waals surface area contributed by atoms with Gasteiger partial charge in [0.1, 0.15) is 5.82 Å². The number of hydrogen-bond acceptors (Lipinski definition) is 4. The highest BCUT2D eigenvalue weighted by Crippen LogP contribution is 2.23. The SMILES string of the molecule is O=C(O)C1CNNC1c1ccc(F)cn1. The molecule has 2 atom stereocenters. The Kier molecular flexibility index (Phi) is 2.61. The summed E-state index contributed by atoms with van der Waals surface area (Å²) in [5.41, 5.74) is 6.08. The van der Waals surface area contributed by atoms with Crippen molar-refractivity contribution in [2.75, 3.05) is 6.54 Å². The molecule has 0 aromatic carbocycles. The highest BCUT2D eigenvalue weighted by atomic mass is 19.1. The van der Waals surface area contributed by atoms with Gasteiger partial charge in [-0.2, -0.15) is 0 Å². The first-order valence-electron chi connectivity index (χ1n) is 4.51. The first kappa shape index (κ1) is 10.0. The summed E-state index contributed by atoms with van der Waals surface area (Å²) in [6.07, 6.45) is 1.08. The van der Waals surface area contributed by atoms with Crippen molar-refractivity contribution >= 4 is 5.97 Å². The van der Waals surface area contributed by atoms with Crippen LogP contribution in [0.1, 0.15) is 11.7 Å². The minimum Gasteiger partial charge on any atom is -0.481 e. The topological polar surface area (TPSA) is 74.2 Å². The van der Waals surface area contributed by atoms with Crippen molar-refractivity contribution < 1.29 is 14.3 Å². The maximum atomic E-state index is 12.6. The van der Waals surface area contributed by atoms with Crippen LogP contribution in [0.5, 0.6) is 0 Å². The van der Waals surface area contributed by atoms with Crippen molar-refractivity contribution in [2.45, 2.75) is 6.04 Å². The Labute approximate surface area is 85.3 Å². The Bertz CT molecular complexity index is 368. The molecule has 0 spiro atoms. The van der Waals surface area contributed by atoms with Gasteiger partial charge in [-0.1, -0.05) is 0 Å². The van der Waals surface area contributed by atoms with E-state index < -0.39 is 23.7 Å².